The normalized spacial score (nSPS) is 18.9. The summed E-state index contributed by atoms with van der Waals surface area (Å²) in [7, 11) is 0. The van der Waals surface area contributed by atoms with Gasteiger partial charge in [-0.1, -0.05) is 13.3 Å². The number of nitrogen functional groups attached to an aromatic ring is 1. The van der Waals surface area contributed by atoms with Crippen LogP contribution in [0, 0.1) is 5.92 Å². The molecule has 1 saturated heterocycles. The smallest absolute Gasteiger partial charge is 0.254 e. The van der Waals surface area contributed by atoms with Crippen LogP contribution in [0.3, 0.4) is 0 Å². The van der Waals surface area contributed by atoms with Gasteiger partial charge >= 0.3 is 0 Å². The maximum atomic E-state index is 12.6. The number of anilines is 1. The summed E-state index contributed by atoms with van der Waals surface area (Å²) in [5.74, 6) is 1.36. The molecule has 1 aliphatic rings. The molecule has 1 aromatic carbocycles. The Balaban J connectivity index is 2.15. The molecule has 0 aromatic heterocycles. The van der Waals surface area contributed by atoms with E-state index >= 15 is 0 Å². The summed E-state index contributed by atoms with van der Waals surface area (Å²) in [6.07, 6.45) is 3.44. The molecule has 4 heteroatoms. The summed E-state index contributed by atoms with van der Waals surface area (Å²) in [4.78, 5) is 14.5. The van der Waals surface area contributed by atoms with Crippen molar-refractivity contribution in [3.05, 3.63) is 23.8 Å². The van der Waals surface area contributed by atoms with E-state index in [2.05, 4.69) is 6.92 Å². The molecule has 110 valence electrons. The Bertz CT molecular complexity index is 474. The SMILES string of the molecule is CCOc1cc(N)cc(C(=O)N2CCCC(CC)C2)c1. The van der Waals surface area contributed by atoms with Gasteiger partial charge in [-0.2, -0.15) is 0 Å². The predicted molar refractivity (Wildman–Crippen MR) is 80.9 cm³/mol. The number of carbonyl (C=O) groups is 1. The van der Waals surface area contributed by atoms with Gasteiger partial charge in [-0.15, -0.1) is 0 Å². The zero-order chi connectivity index (χ0) is 14.5. The zero-order valence-electron chi connectivity index (χ0n) is 12.4. The predicted octanol–water partition coefficient (Wildman–Crippen LogP) is 2.93. The summed E-state index contributed by atoms with van der Waals surface area (Å²) in [5.41, 5.74) is 7.06. The van der Waals surface area contributed by atoms with Crippen LogP contribution in [0.25, 0.3) is 0 Å². The van der Waals surface area contributed by atoms with Crippen molar-refractivity contribution in [3.8, 4) is 5.75 Å². The van der Waals surface area contributed by atoms with Crippen LogP contribution in [-0.4, -0.2) is 30.5 Å². The summed E-state index contributed by atoms with van der Waals surface area (Å²) in [5, 5.41) is 0. The fraction of sp³-hybridized carbons (Fsp3) is 0.562. The minimum atomic E-state index is 0.0661. The summed E-state index contributed by atoms with van der Waals surface area (Å²) < 4.78 is 5.46. The van der Waals surface area contributed by atoms with Crippen LogP contribution in [-0.2, 0) is 0 Å². The molecule has 1 fully saturated rings. The lowest BCUT2D eigenvalue weighted by Gasteiger charge is -2.32. The van der Waals surface area contributed by atoms with E-state index in [4.69, 9.17) is 10.5 Å². The van der Waals surface area contributed by atoms with Crippen LogP contribution in [0.1, 0.15) is 43.5 Å². The molecule has 0 bridgehead atoms. The molecular formula is C16H24N2O2. The number of hydrogen-bond donors (Lipinski definition) is 1. The minimum absolute atomic E-state index is 0.0661. The number of nitrogens with two attached hydrogens (primary N) is 1. The summed E-state index contributed by atoms with van der Waals surface area (Å²) >= 11 is 0. The topological polar surface area (TPSA) is 55.6 Å². The lowest BCUT2D eigenvalue weighted by Crippen LogP contribution is -2.39. The van der Waals surface area contributed by atoms with E-state index in [0.29, 0.717) is 29.5 Å². The second kappa shape index (κ2) is 6.64. The molecule has 4 nitrogen and oxygen atoms in total. The fourth-order valence-electron chi connectivity index (χ4n) is 2.76. The van der Waals surface area contributed by atoms with Gasteiger partial charge in [-0.05, 0) is 37.8 Å². The summed E-state index contributed by atoms with van der Waals surface area (Å²) in [6.45, 7) is 6.37. The molecule has 1 aromatic rings. The Morgan fingerprint density at radius 1 is 1.40 bits per heavy atom. The number of likely N-dealkylation sites (tertiary alicyclic amines) is 1. The molecule has 1 heterocycles. The van der Waals surface area contributed by atoms with Crippen molar-refractivity contribution in [2.24, 2.45) is 5.92 Å². The van der Waals surface area contributed by atoms with E-state index in [-0.39, 0.29) is 5.91 Å². The second-order valence-corrected chi connectivity index (χ2v) is 5.39. The third kappa shape index (κ3) is 3.44. The Labute approximate surface area is 120 Å². The number of carbonyl (C=O) groups excluding carboxylic acids is 1. The van der Waals surface area contributed by atoms with E-state index in [9.17, 15) is 4.79 Å². The third-order valence-corrected chi connectivity index (χ3v) is 3.87. The Hall–Kier alpha value is -1.71. The standard InChI is InChI=1S/C16H24N2O2/c1-3-12-6-5-7-18(11-12)16(19)13-8-14(17)10-15(9-13)20-4-2/h8-10,12H,3-7,11,17H2,1-2H3. The van der Waals surface area contributed by atoms with Crippen molar-refractivity contribution in [3.63, 3.8) is 0 Å². The van der Waals surface area contributed by atoms with Gasteiger partial charge < -0.3 is 15.4 Å². The highest BCUT2D eigenvalue weighted by Gasteiger charge is 2.23. The highest BCUT2D eigenvalue weighted by Crippen LogP contribution is 2.24. The Kier molecular flexibility index (Phi) is 4.88. The van der Waals surface area contributed by atoms with Gasteiger partial charge in [0.15, 0.2) is 0 Å². The number of nitrogens with zero attached hydrogens (tertiary/aromatic N) is 1. The molecule has 2 rings (SSSR count). The lowest BCUT2D eigenvalue weighted by atomic mass is 9.95. The quantitative estimate of drug-likeness (QED) is 0.860. The molecule has 0 spiro atoms. The van der Waals surface area contributed by atoms with Crippen molar-refractivity contribution in [2.45, 2.75) is 33.1 Å². The molecule has 1 atom stereocenters. The average Bonchev–Trinajstić information content (AvgIpc) is 2.46. The van der Waals surface area contributed by atoms with Crippen molar-refractivity contribution in [2.75, 3.05) is 25.4 Å². The van der Waals surface area contributed by atoms with E-state index in [1.807, 2.05) is 11.8 Å². The van der Waals surface area contributed by atoms with Gasteiger partial charge in [-0.25, -0.2) is 0 Å². The molecule has 20 heavy (non-hydrogen) atoms. The Morgan fingerprint density at radius 2 is 2.20 bits per heavy atom. The van der Waals surface area contributed by atoms with E-state index in [0.717, 1.165) is 25.9 Å². The van der Waals surface area contributed by atoms with E-state index in [1.165, 1.54) is 6.42 Å². The van der Waals surface area contributed by atoms with Gasteiger partial charge in [0.1, 0.15) is 5.75 Å². The molecule has 0 radical (unpaired) electrons. The first-order chi connectivity index (χ1) is 9.63. The molecule has 1 unspecified atom stereocenters. The number of hydrogen-bond acceptors (Lipinski definition) is 3. The third-order valence-electron chi connectivity index (χ3n) is 3.87. The largest absolute Gasteiger partial charge is 0.494 e. The van der Waals surface area contributed by atoms with Crippen molar-refractivity contribution in [1.82, 2.24) is 4.90 Å². The molecular weight excluding hydrogens is 252 g/mol. The maximum absolute atomic E-state index is 12.6. The first-order valence-electron chi connectivity index (χ1n) is 7.46. The first-order valence-corrected chi connectivity index (χ1v) is 7.46. The van der Waals surface area contributed by atoms with Crippen molar-refractivity contribution in [1.29, 1.82) is 0 Å². The van der Waals surface area contributed by atoms with Crippen molar-refractivity contribution < 1.29 is 9.53 Å². The number of benzene rings is 1. The molecule has 1 aliphatic heterocycles. The van der Waals surface area contributed by atoms with E-state index < -0.39 is 0 Å². The van der Waals surface area contributed by atoms with Crippen LogP contribution in [0.2, 0.25) is 0 Å². The van der Waals surface area contributed by atoms with Crippen LogP contribution in [0.15, 0.2) is 18.2 Å². The van der Waals surface area contributed by atoms with Gasteiger partial charge in [0, 0.05) is 30.4 Å². The molecule has 1 amide bonds. The van der Waals surface area contributed by atoms with Crippen LogP contribution >= 0.6 is 0 Å². The fourth-order valence-corrected chi connectivity index (χ4v) is 2.76. The molecule has 2 N–H and O–H groups in total. The van der Waals surface area contributed by atoms with E-state index in [1.54, 1.807) is 18.2 Å². The van der Waals surface area contributed by atoms with Gasteiger partial charge in [0.25, 0.3) is 5.91 Å². The van der Waals surface area contributed by atoms with Gasteiger partial charge in [0.05, 0.1) is 6.61 Å². The lowest BCUT2D eigenvalue weighted by molar-refractivity contribution is 0.0671. The monoisotopic (exact) mass is 276 g/mol. The molecule has 0 aliphatic carbocycles. The first kappa shape index (κ1) is 14.7. The maximum Gasteiger partial charge on any atom is 0.254 e. The Morgan fingerprint density at radius 3 is 2.90 bits per heavy atom. The number of rotatable bonds is 4. The highest BCUT2D eigenvalue weighted by molar-refractivity contribution is 5.95. The summed E-state index contributed by atoms with van der Waals surface area (Å²) in [6, 6.07) is 5.28. The highest BCUT2D eigenvalue weighted by atomic mass is 16.5. The van der Waals surface area contributed by atoms with Crippen LogP contribution in [0.5, 0.6) is 5.75 Å². The molecule has 0 saturated carbocycles. The number of amides is 1. The van der Waals surface area contributed by atoms with Crippen molar-refractivity contribution >= 4 is 11.6 Å². The van der Waals surface area contributed by atoms with Crippen LogP contribution < -0.4 is 10.5 Å². The number of ether oxygens (including phenoxy) is 1. The van der Waals surface area contributed by atoms with Gasteiger partial charge in [0.2, 0.25) is 0 Å². The second-order valence-electron chi connectivity index (χ2n) is 5.39. The number of piperidine rings is 1. The van der Waals surface area contributed by atoms with Gasteiger partial charge in [-0.3, -0.25) is 4.79 Å². The van der Waals surface area contributed by atoms with Crippen LogP contribution in [0.4, 0.5) is 5.69 Å². The average molecular weight is 276 g/mol. The minimum Gasteiger partial charge on any atom is -0.494 e. The zero-order valence-corrected chi connectivity index (χ0v) is 12.4.